The predicted octanol–water partition coefficient (Wildman–Crippen LogP) is 4.31. The molecule has 0 spiro atoms. The summed E-state index contributed by atoms with van der Waals surface area (Å²) in [6.45, 7) is 2.30. The number of anilines is 1. The summed E-state index contributed by atoms with van der Waals surface area (Å²) in [5.74, 6) is 0.711. The van der Waals surface area contributed by atoms with Crippen molar-refractivity contribution in [2.75, 3.05) is 5.32 Å². The average Bonchev–Trinajstić information content (AvgIpc) is 2.35. The van der Waals surface area contributed by atoms with E-state index < -0.39 is 0 Å². The van der Waals surface area contributed by atoms with Crippen LogP contribution in [-0.4, -0.2) is 11.2 Å². The van der Waals surface area contributed by atoms with Gasteiger partial charge in [0.1, 0.15) is 0 Å². The Morgan fingerprint density at radius 3 is 2.56 bits per heavy atom. The Morgan fingerprint density at radius 2 is 1.89 bits per heavy atom. The van der Waals surface area contributed by atoms with Gasteiger partial charge in [0.15, 0.2) is 5.11 Å². The van der Waals surface area contributed by atoms with Gasteiger partial charge < -0.3 is 10.6 Å². The first-order valence-corrected chi connectivity index (χ1v) is 7.68. The van der Waals surface area contributed by atoms with Gasteiger partial charge in [-0.1, -0.05) is 35.7 Å². The van der Waals surface area contributed by atoms with Crippen molar-refractivity contribution < 1.29 is 0 Å². The minimum Gasteiger partial charge on any atom is -0.359 e. The number of hydrogen-bond donors (Lipinski definition) is 2. The van der Waals surface area contributed by atoms with Gasteiger partial charge in [0.2, 0.25) is 0 Å². The van der Waals surface area contributed by atoms with Crippen molar-refractivity contribution in [3.63, 3.8) is 0 Å². The molecule has 2 atom stereocenters. The number of rotatable bonds is 2. The highest BCUT2D eigenvalue weighted by Crippen LogP contribution is 2.23. The lowest BCUT2D eigenvalue weighted by atomic mass is 9.86. The normalized spacial score (nSPS) is 23.4. The van der Waals surface area contributed by atoms with Crippen LogP contribution in [0.4, 0.5) is 5.69 Å². The predicted molar refractivity (Wildman–Crippen MR) is 84.9 cm³/mol. The summed E-state index contributed by atoms with van der Waals surface area (Å²) in [4.78, 5) is 0. The lowest BCUT2D eigenvalue weighted by Gasteiger charge is -2.30. The molecule has 98 valence electrons. The van der Waals surface area contributed by atoms with Gasteiger partial charge in [0.25, 0.3) is 0 Å². The molecule has 1 fully saturated rings. The molecule has 1 aliphatic carbocycles. The zero-order chi connectivity index (χ0) is 13.0. The Balaban J connectivity index is 1.86. The third-order valence-electron chi connectivity index (χ3n) is 3.53. The highest BCUT2D eigenvalue weighted by molar-refractivity contribution is 9.10. The Bertz CT molecular complexity index is 405. The SMILES string of the molecule is C[C@@H]1CCCC[C@@H]1NC(=S)Nc1ccc(Br)cc1. The molecule has 0 heterocycles. The summed E-state index contributed by atoms with van der Waals surface area (Å²) >= 11 is 8.79. The quantitative estimate of drug-likeness (QED) is 0.792. The van der Waals surface area contributed by atoms with E-state index in [1.807, 2.05) is 24.3 Å². The molecule has 0 aromatic heterocycles. The van der Waals surface area contributed by atoms with Crippen molar-refractivity contribution in [2.24, 2.45) is 5.92 Å². The summed E-state index contributed by atoms with van der Waals surface area (Å²) in [7, 11) is 0. The van der Waals surface area contributed by atoms with E-state index in [2.05, 4.69) is 33.5 Å². The molecule has 0 unspecified atom stereocenters. The largest absolute Gasteiger partial charge is 0.359 e. The molecule has 1 saturated carbocycles. The zero-order valence-electron chi connectivity index (χ0n) is 10.6. The van der Waals surface area contributed by atoms with E-state index in [0.717, 1.165) is 15.3 Å². The number of benzene rings is 1. The molecule has 2 rings (SSSR count). The van der Waals surface area contributed by atoms with Crippen molar-refractivity contribution in [1.82, 2.24) is 5.32 Å². The summed E-state index contributed by atoms with van der Waals surface area (Å²) in [6.07, 6.45) is 5.19. The van der Waals surface area contributed by atoms with Gasteiger partial charge in [0, 0.05) is 16.2 Å². The van der Waals surface area contributed by atoms with Gasteiger partial charge in [-0.05, 0) is 55.2 Å². The third kappa shape index (κ3) is 3.95. The first kappa shape index (κ1) is 13.8. The number of hydrogen-bond acceptors (Lipinski definition) is 1. The summed E-state index contributed by atoms with van der Waals surface area (Å²) < 4.78 is 1.08. The molecule has 0 saturated heterocycles. The van der Waals surface area contributed by atoms with Crippen LogP contribution in [-0.2, 0) is 0 Å². The van der Waals surface area contributed by atoms with E-state index in [-0.39, 0.29) is 0 Å². The molecular weight excluding hydrogens is 308 g/mol. The molecule has 4 heteroatoms. The van der Waals surface area contributed by atoms with Gasteiger partial charge in [-0.2, -0.15) is 0 Å². The second-order valence-electron chi connectivity index (χ2n) is 4.97. The number of halogens is 1. The van der Waals surface area contributed by atoms with Crippen LogP contribution in [0.15, 0.2) is 28.7 Å². The van der Waals surface area contributed by atoms with Gasteiger partial charge in [0.05, 0.1) is 0 Å². The summed E-state index contributed by atoms with van der Waals surface area (Å²) in [6, 6.07) is 8.57. The van der Waals surface area contributed by atoms with Crippen LogP contribution in [0.3, 0.4) is 0 Å². The van der Waals surface area contributed by atoms with Crippen molar-refractivity contribution in [2.45, 2.75) is 38.6 Å². The summed E-state index contributed by atoms with van der Waals surface area (Å²) in [5.41, 5.74) is 1.03. The van der Waals surface area contributed by atoms with Crippen molar-refractivity contribution >= 4 is 38.9 Å². The van der Waals surface area contributed by atoms with Crippen LogP contribution < -0.4 is 10.6 Å². The Morgan fingerprint density at radius 1 is 1.22 bits per heavy atom. The maximum absolute atomic E-state index is 5.37. The van der Waals surface area contributed by atoms with E-state index >= 15 is 0 Å². The third-order valence-corrected chi connectivity index (χ3v) is 4.28. The highest BCUT2D eigenvalue weighted by atomic mass is 79.9. The number of thiocarbonyl (C=S) groups is 1. The fourth-order valence-corrected chi connectivity index (χ4v) is 2.93. The van der Waals surface area contributed by atoms with Crippen LogP contribution in [0.1, 0.15) is 32.6 Å². The fourth-order valence-electron chi connectivity index (χ4n) is 2.40. The Kier molecular flexibility index (Phi) is 5.01. The second kappa shape index (κ2) is 6.53. The minimum absolute atomic E-state index is 0.522. The molecule has 2 N–H and O–H groups in total. The van der Waals surface area contributed by atoms with E-state index in [4.69, 9.17) is 12.2 Å². The molecule has 1 aliphatic rings. The van der Waals surface area contributed by atoms with E-state index in [0.29, 0.717) is 12.0 Å². The number of nitrogens with one attached hydrogen (secondary N) is 2. The zero-order valence-corrected chi connectivity index (χ0v) is 13.0. The van der Waals surface area contributed by atoms with Crippen LogP contribution in [0.2, 0.25) is 0 Å². The summed E-state index contributed by atoms with van der Waals surface area (Å²) in [5, 5.41) is 7.41. The molecule has 2 nitrogen and oxygen atoms in total. The van der Waals surface area contributed by atoms with Crippen LogP contribution in [0, 0.1) is 5.92 Å². The Labute approximate surface area is 123 Å². The van der Waals surface area contributed by atoms with Crippen molar-refractivity contribution in [1.29, 1.82) is 0 Å². The molecular formula is C14H19BrN2S. The standard InChI is InChI=1S/C14H19BrN2S/c1-10-4-2-3-5-13(10)17-14(18)16-12-8-6-11(15)7-9-12/h6-10,13H,2-5H2,1H3,(H2,16,17,18)/t10-,13+/m1/s1. The van der Waals surface area contributed by atoms with Crippen LogP contribution in [0.25, 0.3) is 0 Å². The average molecular weight is 327 g/mol. The second-order valence-corrected chi connectivity index (χ2v) is 6.30. The topological polar surface area (TPSA) is 24.1 Å². The van der Waals surface area contributed by atoms with Crippen molar-refractivity contribution in [3.05, 3.63) is 28.7 Å². The first-order valence-electron chi connectivity index (χ1n) is 6.48. The maximum Gasteiger partial charge on any atom is 0.171 e. The highest BCUT2D eigenvalue weighted by Gasteiger charge is 2.21. The maximum atomic E-state index is 5.37. The monoisotopic (exact) mass is 326 g/mol. The molecule has 18 heavy (non-hydrogen) atoms. The van der Waals surface area contributed by atoms with Crippen molar-refractivity contribution in [3.8, 4) is 0 Å². The van der Waals surface area contributed by atoms with Crippen LogP contribution in [0.5, 0.6) is 0 Å². The fraction of sp³-hybridized carbons (Fsp3) is 0.500. The van der Waals surface area contributed by atoms with E-state index in [1.54, 1.807) is 0 Å². The van der Waals surface area contributed by atoms with Gasteiger partial charge in [-0.15, -0.1) is 0 Å². The van der Waals surface area contributed by atoms with E-state index in [9.17, 15) is 0 Å². The lowest BCUT2D eigenvalue weighted by Crippen LogP contribution is -2.43. The Hall–Kier alpha value is -0.610. The molecule has 0 radical (unpaired) electrons. The van der Waals surface area contributed by atoms with Gasteiger partial charge >= 0.3 is 0 Å². The van der Waals surface area contributed by atoms with Crippen LogP contribution >= 0.6 is 28.1 Å². The molecule has 0 aliphatic heterocycles. The lowest BCUT2D eigenvalue weighted by molar-refractivity contribution is 0.309. The molecule has 0 amide bonds. The molecule has 1 aromatic carbocycles. The minimum atomic E-state index is 0.522. The molecule has 1 aromatic rings. The first-order chi connectivity index (χ1) is 8.65. The van der Waals surface area contributed by atoms with E-state index in [1.165, 1.54) is 25.7 Å². The van der Waals surface area contributed by atoms with Gasteiger partial charge in [-0.25, -0.2) is 0 Å². The molecule has 0 bridgehead atoms. The van der Waals surface area contributed by atoms with Gasteiger partial charge in [-0.3, -0.25) is 0 Å². The smallest absolute Gasteiger partial charge is 0.171 e.